The summed E-state index contributed by atoms with van der Waals surface area (Å²) in [5.41, 5.74) is 7.59. The fraction of sp³-hybridized carbons (Fsp3) is 0.235. The first-order chi connectivity index (χ1) is 10.3. The van der Waals surface area contributed by atoms with Crippen LogP contribution in [0.25, 0.3) is 0 Å². The third-order valence-electron chi connectivity index (χ3n) is 3.44. The highest BCUT2D eigenvalue weighted by atomic mass is 19.1. The number of hydrogen-bond donors (Lipinski definition) is 2. The maximum Gasteiger partial charge on any atom is 0.148 e. The molecule has 0 amide bonds. The second-order valence-corrected chi connectivity index (χ2v) is 5.19. The third-order valence-corrected chi connectivity index (χ3v) is 3.44. The van der Waals surface area contributed by atoms with Crippen molar-refractivity contribution in [1.29, 1.82) is 0 Å². The highest BCUT2D eigenvalue weighted by Crippen LogP contribution is 2.30. The Balaban J connectivity index is 1.64. The van der Waals surface area contributed by atoms with Gasteiger partial charge >= 0.3 is 0 Å². The summed E-state index contributed by atoms with van der Waals surface area (Å²) in [5.74, 6) is 1.10. The smallest absolute Gasteiger partial charge is 0.148 e. The van der Waals surface area contributed by atoms with E-state index in [2.05, 4.69) is 28.0 Å². The molecule has 1 aliphatic carbocycles. The lowest BCUT2D eigenvalue weighted by atomic mass is 10.2. The molecule has 1 aliphatic rings. The quantitative estimate of drug-likeness (QED) is 0.498. The first-order valence-corrected chi connectivity index (χ1v) is 7.18. The molecule has 108 valence electrons. The molecule has 1 fully saturated rings. The Kier molecular flexibility index (Phi) is 4.15. The zero-order valence-corrected chi connectivity index (χ0v) is 11.7. The maximum atomic E-state index is 13.6. The first-order valence-electron chi connectivity index (χ1n) is 7.18. The SMILES string of the molecule is Fc1ccccc1NNC(=NCc1ccccc1)C1CC1. The van der Waals surface area contributed by atoms with Crippen LogP contribution in [-0.4, -0.2) is 5.84 Å². The molecular formula is C17H18FN3. The van der Waals surface area contributed by atoms with Crippen LogP contribution in [-0.2, 0) is 6.54 Å². The largest absolute Gasteiger partial charge is 0.297 e. The number of nitrogens with zero attached hydrogens (tertiary/aromatic N) is 1. The summed E-state index contributed by atoms with van der Waals surface area (Å²) in [5, 5.41) is 0. The minimum Gasteiger partial charge on any atom is -0.297 e. The zero-order valence-electron chi connectivity index (χ0n) is 11.7. The van der Waals surface area contributed by atoms with Gasteiger partial charge in [-0.2, -0.15) is 0 Å². The topological polar surface area (TPSA) is 36.4 Å². The molecule has 0 atom stereocenters. The number of benzene rings is 2. The molecule has 0 unspecified atom stereocenters. The lowest BCUT2D eigenvalue weighted by molar-refractivity contribution is 0.629. The molecule has 2 aromatic carbocycles. The highest BCUT2D eigenvalue weighted by molar-refractivity contribution is 5.87. The van der Waals surface area contributed by atoms with Crippen LogP contribution in [0.1, 0.15) is 18.4 Å². The van der Waals surface area contributed by atoms with E-state index in [1.54, 1.807) is 18.2 Å². The summed E-state index contributed by atoms with van der Waals surface area (Å²) in [6, 6.07) is 16.7. The number of rotatable bonds is 5. The van der Waals surface area contributed by atoms with E-state index in [1.165, 1.54) is 11.6 Å². The van der Waals surface area contributed by atoms with E-state index in [1.807, 2.05) is 18.2 Å². The van der Waals surface area contributed by atoms with Crippen LogP contribution in [0.15, 0.2) is 59.6 Å². The van der Waals surface area contributed by atoms with E-state index in [0.717, 1.165) is 18.7 Å². The van der Waals surface area contributed by atoms with E-state index in [0.29, 0.717) is 18.2 Å². The summed E-state index contributed by atoms with van der Waals surface area (Å²) >= 11 is 0. The Morgan fingerprint density at radius 1 is 1.05 bits per heavy atom. The van der Waals surface area contributed by atoms with Crippen LogP contribution in [0.5, 0.6) is 0 Å². The average Bonchev–Trinajstić information content (AvgIpc) is 3.35. The van der Waals surface area contributed by atoms with E-state index in [-0.39, 0.29) is 5.82 Å². The second-order valence-electron chi connectivity index (χ2n) is 5.19. The van der Waals surface area contributed by atoms with Crippen molar-refractivity contribution in [3.8, 4) is 0 Å². The van der Waals surface area contributed by atoms with Gasteiger partial charge in [0.15, 0.2) is 0 Å². The number of aliphatic imine (C=N–C) groups is 1. The predicted octanol–water partition coefficient (Wildman–Crippen LogP) is 3.75. The van der Waals surface area contributed by atoms with Crippen LogP contribution >= 0.6 is 0 Å². The summed E-state index contributed by atoms with van der Waals surface area (Å²) in [7, 11) is 0. The normalized spacial score (nSPS) is 14.8. The van der Waals surface area contributed by atoms with Crippen LogP contribution in [0, 0.1) is 11.7 Å². The molecule has 21 heavy (non-hydrogen) atoms. The van der Waals surface area contributed by atoms with Gasteiger partial charge in [0.2, 0.25) is 0 Å². The Morgan fingerprint density at radius 2 is 1.76 bits per heavy atom. The van der Waals surface area contributed by atoms with E-state index >= 15 is 0 Å². The molecule has 0 heterocycles. The molecule has 0 aromatic heterocycles. The molecular weight excluding hydrogens is 265 g/mol. The Hall–Kier alpha value is -2.36. The van der Waals surface area contributed by atoms with Crippen molar-refractivity contribution >= 4 is 11.5 Å². The molecule has 3 rings (SSSR count). The fourth-order valence-corrected chi connectivity index (χ4v) is 2.08. The summed E-state index contributed by atoms with van der Waals surface area (Å²) in [6.07, 6.45) is 2.28. The minimum atomic E-state index is -0.275. The van der Waals surface area contributed by atoms with Gasteiger partial charge in [0.25, 0.3) is 0 Å². The van der Waals surface area contributed by atoms with Crippen molar-refractivity contribution in [3.63, 3.8) is 0 Å². The Morgan fingerprint density at radius 3 is 2.48 bits per heavy atom. The van der Waals surface area contributed by atoms with Crippen LogP contribution in [0.4, 0.5) is 10.1 Å². The second kappa shape index (κ2) is 6.39. The minimum absolute atomic E-state index is 0.275. The molecule has 2 N–H and O–H groups in total. The summed E-state index contributed by atoms with van der Waals surface area (Å²) < 4.78 is 13.6. The Bertz CT molecular complexity index is 621. The number of amidine groups is 1. The van der Waals surface area contributed by atoms with Gasteiger partial charge in [-0.1, -0.05) is 42.5 Å². The average molecular weight is 283 g/mol. The highest BCUT2D eigenvalue weighted by Gasteiger charge is 2.27. The first kappa shape index (κ1) is 13.6. The van der Waals surface area contributed by atoms with Crippen molar-refractivity contribution in [1.82, 2.24) is 5.43 Å². The number of para-hydroxylation sites is 1. The van der Waals surface area contributed by atoms with Crippen molar-refractivity contribution in [3.05, 3.63) is 66.0 Å². The number of hydrogen-bond acceptors (Lipinski definition) is 2. The molecule has 0 radical (unpaired) electrons. The molecule has 2 aromatic rings. The monoisotopic (exact) mass is 283 g/mol. The lowest BCUT2D eigenvalue weighted by Gasteiger charge is -2.12. The number of halogens is 1. The van der Waals surface area contributed by atoms with Crippen LogP contribution in [0.3, 0.4) is 0 Å². The fourth-order valence-electron chi connectivity index (χ4n) is 2.08. The van der Waals surface area contributed by atoms with Gasteiger partial charge in [-0.25, -0.2) is 4.39 Å². The molecule has 4 heteroatoms. The molecule has 0 aliphatic heterocycles. The Labute approximate surface area is 123 Å². The van der Waals surface area contributed by atoms with Crippen molar-refractivity contribution < 1.29 is 4.39 Å². The van der Waals surface area contributed by atoms with Gasteiger partial charge in [-0.05, 0) is 30.5 Å². The standard InChI is InChI=1S/C17H18FN3/c18-15-8-4-5-9-16(15)20-21-17(14-10-11-14)19-12-13-6-2-1-3-7-13/h1-9,14,20H,10-12H2,(H,19,21). The van der Waals surface area contributed by atoms with Gasteiger partial charge in [-0.15, -0.1) is 0 Å². The van der Waals surface area contributed by atoms with Gasteiger partial charge in [-0.3, -0.25) is 15.8 Å². The van der Waals surface area contributed by atoms with Crippen molar-refractivity contribution in [2.75, 3.05) is 5.43 Å². The lowest BCUT2D eigenvalue weighted by Crippen LogP contribution is -2.31. The summed E-state index contributed by atoms with van der Waals surface area (Å²) in [6.45, 7) is 0.638. The van der Waals surface area contributed by atoms with E-state index in [4.69, 9.17) is 0 Å². The molecule has 0 bridgehead atoms. The van der Waals surface area contributed by atoms with E-state index in [9.17, 15) is 4.39 Å². The van der Waals surface area contributed by atoms with Crippen LogP contribution in [0.2, 0.25) is 0 Å². The van der Waals surface area contributed by atoms with Gasteiger partial charge in [0.1, 0.15) is 11.7 Å². The summed E-state index contributed by atoms with van der Waals surface area (Å²) in [4.78, 5) is 4.62. The van der Waals surface area contributed by atoms with Crippen LogP contribution < -0.4 is 10.9 Å². The predicted molar refractivity (Wildman–Crippen MR) is 83.5 cm³/mol. The number of anilines is 1. The molecule has 3 nitrogen and oxygen atoms in total. The van der Waals surface area contributed by atoms with Gasteiger partial charge < -0.3 is 0 Å². The zero-order chi connectivity index (χ0) is 14.5. The molecule has 0 saturated heterocycles. The van der Waals surface area contributed by atoms with Crippen molar-refractivity contribution in [2.45, 2.75) is 19.4 Å². The maximum absolute atomic E-state index is 13.6. The molecule has 0 spiro atoms. The van der Waals surface area contributed by atoms with E-state index < -0.39 is 0 Å². The van der Waals surface area contributed by atoms with Gasteiger partial charge in [0.05, 0.1) is 12.2 Å². The number of nitrogens with one attached hydrogen (secondary N) is 2. The van der Waals surface area contributed by atoms with Gasteiger partial charge in [0, 0.05) is 5.92 Å². The number of hydrazine groups is 1. The van der Waals surface area contributed by atoms with Crippen molar-refractivity contribution in [2.24, 2.45) is 10.9 Å². The third kappa shape index (κ3) is 3.81. The molecule has 1 saturated carbocycles.